The molecule has 0 aromatic heterocycles. The Morgan fingerprint density at radius 3 is 2.44 bits per heavy atom. The largest absolute Gasteiger partial charge is 0.488 e. The van der Waals surface area contributed by atoms with E-state index < -0.39 is 20.7 Å². The van der Waals surface area contributed by atoms with Gasteiger partial charge in [0.25, 0.3) is 11.6 Å². The molecule has 1 amide bonds. The van der Waals surface area contributed by atoms with Crippen molar-refractivity contribution in [2.75, 3.05) is 24.7 Å². The maximum Gasteiger partial charge on any atom is 0.293 e. The molecule has 0 unspecified atom stereocenters. The Kier molecular flexibility index (Phi) is 7.79. The van der Waals surface area contributed by atoms with E-state index in [0.29, 0.717) is 11.3 Å². The molecule has 0 fully saturated rings. The van der Waals surface area contributed by atoms with Crippen molar-refractivity contribution in [2.24, 2.45) is 0 Å². The van der Waals surface area contributed by atoms with E-state index in [1.165, 1.54) is 24.3 Å². The van der Waals surface area contributed by atoms with Gasteiger partial charge >= 0.3 is 0 Å². The van der Waals surface area contributed by atoms with Gasteiger partial charge in [0, 0.05) is 25.4 Å². The maximum absolute atomic E-state index is 13.0. The van der Waals surface area contributed by atoms with Gasteiger partial charge in [0.05, 0.1) is 15.4 Å². The van der Waals surface area contributed by atoms with E-state index >= 15 is 0 Å². The summed E-state index contributed by atoms with van der Waals surface area (Å²) in [6.45, 7) is 0.443. The highest BCUT2D eigenvalue weighted by Crippen LogP contribution is 2.27. The topological polar surface area (TPSA) is 128 Å². The Morgan fingerprint density at radius 2 is 1.76 bits per heavy atom. The Morgan fingerprint density at radius 1 is 1.06 bits per heavy atom. The number of sulfone groups is 1. The number of nitro benzene ring substituents is 1. The Balaban J connectivity index is 1.59. The van der Waals surface area contributed by atoms with Gasteiger partial charge in [0.1, 0.15) is 23.9 Å². The molecule has 34 heavy (non-hydrogen) atoms. The second kappa shape index (κ2) is 10.8. The zero-order chi connectivity index (χ0) is 24.7. The molecule has 9 nitrogen and oxygen atoms in total. The number of carbonyl (C=O) groups excluding carboxylic acids is 1. The lowest BCUT2D eigenvalue weighted by atomic mass is 10.2. The lowest BCUT2D eigenvalue weighted by Gasteiger charge is -2.13. The number of benzene rings is 3. The summed E-state index contributed by atoms with van der Waals surface area (Å²) in [6, 6.07) is 16.0. The second-order valence-corrected chi connectivity index (χ2v) is 9.32. The van der Waals surface area contributed by atoms with Crippen LogP contribution in [0, 0.1) is 15.9 Å². The molecular formula is C23H22FN3O6S. The van der Waals surface area contributed by atoms with Gasteiger partial charge in [-0.25, -0.2) is 12.8 Å². The van der Waals surface area contributed by atoms with Gasteiger partial charge < -0.3 is 15.4 Å². The SMILES string of the molecule is CS(=O)(=O)c1ccc(NCCNC(=O)c2ccccc2OCc2ccc(F)cc2)c([N+](=O)[O-])c1. The molecule has 3 rings (SSSR count). The number of anilines is 1. The first-order valence-electron chi connectivity index (χ1n) is 10.1. The number of para-hydroxylation sites is 1. The van der Waals surface area contributed by atoms with Gasteiger partial charge in [-0.3, -0.25) is 14.9 Å². The fourth-order valence-corrected chi connectivity index (χ4v) is 3.67. The van der Waals surface area contributed by atoms with Gasteiger partial charge in [-0.05, 0) is 42.0 Å². The molecule has 0 aliphatic carbocycles. The number of nitrogens with zero attached hydrogens (tertiary/aromatic N) is 1. The van der Waals surface area contributed by atoms with E-state index in [4.69, 9.17) is 4.74 Å². The van der Waals surface area contributed by atoms with E-state index in [0.717, 1.165) is 17.9 Å². The van der Waals surface area contributed by atoms with E-state index in [-0.39, 0.29) is 41.8 Å². The van der Waals surface area contributed by atoms with Crippen LogP contribution >= 0.6 is 0 Å². The summed E-state index contributed by atoms with van der Waals surface area (Å²) in [7, 11) is -3.59. The van der Waals surface area contributed by atoms with Crippen molar-refractivity contribution in [1.29, 1.82) is 0 Å². The smallest absolute Gasteiger partial charge is 0.293 e. The first-order valence-corrected chi connectivity index (χ1v) is 12.0. The average molecular weight is 488 g/mol. The minimum atomic E-state index is -3.59. The molecule has 0 bridgehead atoms. The van der Waals surface area contributed by atoms with Gasteiger partial charge in [0.15, 0.2) is 9.84 Å². The van der Waals surface area contributed by atoms with Crippen molar-refractivity contribution < 1.29 is 27.3 Å². The molecule has 0 aliphatic heterocycles. The Hall–Kier alpha value is -3.99. The fraction of sp³-hybridized carbons (Fsp3) is 0.174. The molecule has 0 aliphatic rings. The standard InChI is InChI=1S/C23H22FN3O6S/c1-34(31,32)18-10-11-20(21(14-18)27(29)30)25-12-13-26-23(28)19-4-2-3-5-22(19)33-15-16-6-8-17(24)9-7-16/h2-11,14,25H,12-13,15H2,1H3,(H,26,28). The molecule has 178 valence electrons. The van der Waals surface area contributed by atoms with Crippen molar-refractivity contribution in [2.45, 2.75) is 11.5 Å². The molecule has 3 aromatic rings. The average Bonchev–Trinajstić information content (AvgIpc) is 2.80. The van der Waals surface area contributed by atoms with E-state index in [2.05, 4.69) is 10.6 Å². The van der Waals surface area contributed by atoms with Crippen LogP contribution in [0.2, 0.25) is 0 Å². The number of halogens is 1. The minimum absolute atomic E-state index is 0.134. The molecule has 0 heterocycles. The molecule has 2 N–H and O–H groups in total. The van der Waals surface area contributed by atoms with Gasteiger partial charge in [-0.1, -0.05) is 24.3 Å². The van der Waals surface area contributed by atoms with Crippen molar-refractivity contribution in [3.05, 3.63) is 93.8 Å². The number of hydrogen-bond acceptors (Lipinski definition) is 7. The molecular weight excluding hydrogens is 465 g/mol. The highest BCUT2D eigenvalue weighted by molar-refractivity contribution is 7.90. The predicted molar refractivity (Wildman–Crippen MR) is 124 cm³/mol. The van der Waals surface area contributed by atoms with Gasteiger partial charge in [0.2, 0.25) is 0 Å². The third-order valence-electron chi connectivity index (χ3n) is 4.76. The van der Waals surface area contributed by atoms with Crippen LogP contribution in [0.1, 0.15) is 15.9 Å². The summed E-state index contributed by atoms with van der Waals surface area (Å²) in [5.41, 5.74) is 0.792. The lowest BCUT2D eigenvalue weighted by Crippen LogP contribution is -2.29. The quantitative estimate of drug-likeness (QED) is 0.254. The summed E-state index contributed by atoms with van der Waals surface area (Å²) in [4.78, 5) is 23.1. The lowest BCUT2D eigenvalue weighted by molar-refractivity contribution is -0.384. The number of nitro groups is 1. The van der Waals surface area contributed by atoms with Gasteiger partial charge in [-0.2, -0.15) is 0 Å². The number of hydrogen-bond donors (Lipinski definition) is 2. The van der Waals surface area contributed by atoms with E-state index in [1.807, 2.05) is 0 Å². The van der Waals surface area contributed by atoms with Crippen LogP contribution in [0.4, 0.5) is 15.8 Å². The molecule has 0 spiro atoms. The van der Waals surface area contributed by atoms with Crippen LogP contribution in [-0.4, -0.2) is 38.6 Å². The van der Waals surface area contributed by atoms with Crippen molar-refractivity contribution >= 4 is 27.1 Å². The molecule has 3 aromatic carbocycles. The second-order valence-electron chi connectivity index (χ2n) is 7.30. The van der Waals surface area contributed by atoms with Crippen LogP contribution in [0.15, 0.2) is 71.6 Å². The summed E-state index contributed by atoms with van der Waals surface area (Å²) >= 11 is 0. The zero-order valence-corrected chi connectivity index (χ0v) is 19.0. The van der Waals surface area contributed by atoms with E-state index in [9.17, 15) is 27.7 Å². The zero-order valence-electron chi connectivity index (χ0n) is 18.2. The number of rotatable bonds is 10. The number of carbonyl (C=O) groups is 1. The third kappa shape index (κ3) is 6.51. The van der Waals surface area contributed by atoms with Gasteiger partial charge in [-0.15, -0.1) is 0 Å². The fourth-order valence-electron chi connectivity index (χ4n) is 3.03. The predicted octanol–water partition coefficient (Wildman–Crippen LogP) is 3.56. The van der Waals surface area contributed by atoms with Crippen molar-refractivity contribution in [3.8, 4) is 5.75 Å². The number of ether oxygens (including phenoxy) is 1. The molecule has 0 radical (unpaired) electrons. The first-order chi connectivity index (χ1) is 16.1. The maximum atomic E-state index is 13.0. The third-order valence-corrected chi connectivity index (χ3v) is 5.87. The molecule has 0 atom stereocenters. The van der Waals surface area contributed by atoms with E-state index in [1.54, 1.807) is 36.4 Å². The first kappa shape index (κ1) is 24.6. The van der Waals surface area contributed by atoms with Crippen LogP contribution in [0.25, 0.3) is 0 Å². The van der Waals surface area contributed by atoms with Crippen LogP contribution < -0.4 is 15.4 Å². The molecule has 0 saturated heterocycles. The van der Waals surface area contributed by atoms with Crippen LogP contribution in [-0.2, 0) is 16.4 Å². The normalized spacial score (nSPS) is 11.0. The van der Waals surface area contributed by atoms with Crippen LogP contribution in [0.5, 0.6) is 5.75 Å². The molecule has 11 heteroatoms. The highest BCUT2D eigenvalue weighted by Gasteiger charge is 2.18. The monoisotopic (exact) mass is 487 g/mol. The number of amides is 1. The highest BCUT2D eigenvalue weighted by atomic mass is 32.2. The Labute approximate surface area is 195 Å². The summed E-state index contributed by atoms with van der Waals surface area (Å²) in [6.07, 6.45) is 0.968. The number of nitrogens with one attached hydrogen (secondary N) is 2. The minimum Gasteiger partial charge on any atom is -0.488 e. The summed E-state index contributed by atoms with van der Waals surface area (Å²) in [5, 5.41) is 16.8. The summed E-state index contributed by atoms with van der Waals surface area (Å²) < 4.78 is 42.0. The van der Waals surface area contributed by atoms with Crippen molar-refractivity contribution in [1.82, 2.24) is 5.32 Å². The summed E-state index contributed by atoms with van der Waals surface area (Å²) in [5.74, 6) is -0.406. The van der Waals surface area contributed by atoms with Crippen LogP contribution in [0.3, 0.4) is 0 Å². The Bertz CT molecular complexity index is 1300. The van der Waals surface area contributed by atoms with Crippen molar-refractivity contribution in [3.63, 3.8) is 0 Å². The molecule has 0 saturated carbocycles.